The van der Waals surface area contributed by atoms with Crippen molar-refractivity contribution in [1.82, 2.24) is 5.32 Å². The smallest absolute Gasteiger partial charge is 0.251 e. The molecule has 2 rings (SSSR count). The highest BCUT2D eigenvalue weighted by atomic mass is 16.5. The molecule has 23 heavy (non-hydrogen) atoms. The lowest BCUT2D eigenvalue weighted by Crippen LogP contribution is -2.23. The summed E-state index contributed by atoms with van der Waals surface area (Å²) in [7, 11) is 4.68. The van der Waals surface area contributed by atoms with Crippen molar-refractivity contribution in [3.8, 4) is 17.2 Å². The van der Waals surface area contributed by atoms with Crippen LogP contribution in [0.2, 0.25) is 0 Å². The van der Waals surface area contributed by atoms with E-state index < -0.39 is 0 Å². The second kappa shape index (κ2) is 7.54. The number of hydrogen-bond acceptors (Lipinski definition) is 4. The monoisotopic (exact) mass is 315 g/mol. The van der Waals surface area contributed by atoms with Gasteiger partial charge in [0.2, 0.25) is 5.75 Å². The predicted octanol–water partition coefficient (Wildman–Crippen LogP) is 2.95. The highest BCUT2D eigenvalue weighted by Gasteiger charge is 2.14. The maximum atomic E-state index is 12.3. The molecule has 5 nitrogen and oxygen atoms in total. The Hall–Kier alpha value is -2.69. The molecule has 0 unspecified atom stereocenters. The van der Waals surface area contributed by atoms with E-state index >= 15 is 0 Å². The van der Waals surface area contributed by atoms with Gasteiger partial charge in [0, 0.05) is 12.1 Å². The van der Waals surface area contributed by atoms with Gasteiger partial charge in [-0.2, -0.15) is 0 Å². The second-order valence-electron chi connectivity index (χ2n) is 5.03. The van der Waals surface area contributed by atoms with E-state index in [1.807, 2.05) is 37.3 Å². The zero-order chi connectivity index (χ0) is 16.8. The van der Waals surface area contributed by atoms with Crippen molar-refractivity contribution in [3.63, 3.8) is 0 Å². The summed E-state index contributed by atoms with van der Waals surface area (Å²) in [5, 5.41) is 2.91. The highest BCUT2D eigenvalue weighted by molar-refractivity contribution is 5.95. The van der Waals surface area contributed by atoms with Gasteiger partial charge in [-0.05, 0) is 36.2 Å². The van der Waals surface area contributed by atoms with Gasteiger partial charge in [0.25, 0.3) is 5.91 Å². The summed E-state index contributed by atoms with van der Waals surface area (Å²) in [6.45, 7) is 2.28. The van der Waals surface area contributed by atoms with Gasteiger partial charge < -0.3 is 19.5 Å². The van der Waals surface area contributed by atoms with Gasteiger partial charge in [-0.3, -0.25) is 4.79 Å². The van der Waals surface area contributed by atoms with Crippen LogP contribution in [0.3, 0.4) is 0 Å². The van der Waals surface area contributed by atoms with Crippen LogP contribution >= 0.6 is 0 Å². The fourth-order valence-electron chi connectivity index (χ4n) is 2.34. The van der Waals surface area contributed by atoms with E-state index in [2.05, 4.69) is 5.32 Å². The molecule has 0 atom stereocenters. The van der Waals surface area contributed by atoms with Crippen molar-refractivity contribution >= 4 is 5.91 Å². The fraction of sp³-hybridized carbons (Fsp3) is 0.278. The number of benzene rings is 2. The van der Waals surface area contributed by atoms with Crippen LogP contribution in [-0.4, -0.2) is 27.2 Å². The summed E-state index contributed by atoms with van der Waals surface area (Å²) in [6, 6.07) is 11.1. The number of methoxy groups -OCH3 is 3. The van der Waals surface area contributed by atoms with E-state index in [1.54, 1.807) is 27.4 Å². The van der Waals surface area contributed by atoms with Crippen molar-refractivity contribution in [2.24, 2.45) is 0 Å². The van der Waals surface area contributed by atoms with Crippen molar-refractivity contribution in [1.29, 1.82) is 0 Å². The van der Waals surface area contributed by atoms with Gasteiger partial charge in [0.1, 0.15) is 0 Å². The van der Waals surface area contributed by atoms with E-state index in [9.17, 15) is 4.79 Å². The fourth-order valence-corrected chi connectivity index (χ4v) is 2.34. The molecule has 2 aromatic carbocycles. The molecule has 0 aliphatic heterocycles. The average Bonchev–Trinajstić information content (AvgIpc) is 2.58. The lowest BCUT2D eigenvalue weighted by atomic mass is 10.1. The molecule has 0 aliphatic rings. The van der Waals surface area contributed by atoms with E-state index in [0.29, 0.717) is 29.4 Å². The van der Waals surface area contributed by atoms with Gasteiger partial charge in [0.15, 0.2) is 11.5 Å². The summed E-state index contributed by atoms with van der Waals surface area (Å²) >= 11 is 0. The van der Waals surface area contributed by atoms with Crippen LogP contribution in [0.1, 0.15) is 21.5 Å². The molecule has 122 valence electrons. The number of rotatable bonds is 6. The lowest BCUT2D eigenvalue weighted by Gasteiger charge is -2.14. The maximum Gasteiger partial charge on any atom is 0.251 e. The largest absolute Gasteiger partial charge is 0.493 e. The maximum absolute atomic E-state index is 12.3. The van der Waals surface area contributed by atoms with E-state index in [1.165, 1.54) is 0 Å². The molecule has 0 fully saturated rings. The molecule has 0 aliphatic carbocycles. The molecule has 0 saturated carbocycles. The SMILES string of the molecule is COc1cc(CNC(=O)c2ccccc2C)cc(OC)c1OC. The van der Waals surface area contributed by atoms with Crippen LogP contribution in [0.4, 0.5) is 0 Å². The summed E-state index contributed by atoms with van der Waals surface area (Å²) in [5.41, 5.74) is 2.47. The number of amides is 1. The van der Waals surface area contributed by atoms with Gasteiger partial charge >= 0.3 is 0 Å². The second-order valence-corrected chi connectivity index (χ2v) is 5.03. The first-order valence-electron chi connectivity index (χ1n) is 7.23. The number of aryl methyl sites for hydroxylation is 1. The molecule has 0 bridgehead atoms. The van der Waals surface area contributed by atoms with Crippen LogP contribution in [0.15, 0.2) is 36.4 Å². The van der Waals surface area contributed by atoms with E-state index in [-0.39, 0.29) is 5.91 Å². The number of nitrogens with one attached hydrogen (secondary N) is 1. The zero-order valence-electron chi connectivity index (χ0n) is 13.8. The highest BCUT2D eigenvalue weighted by Crippen LogP contribution is 2.38. The minimum atomic E-state index is -0.114. The van der Waals surface area contributed by atoms with Gasteiger partial charge in [-0.25, -0.2) is 0 Å². The average molecular weight is 315 g/mol. The molecule has 2 aromatic rings. The quantitative estimate of drug-likeness (QED) is 0.890. The Morgan fingerprint density at radius 1 is 1.00 bits per heavy atom. The Labute approximate surface area is 136 Å². The zero-order valence-corrected chi connectivity index (χ0v) is 13.8. The van der Waals surface area contributed by atoms with Gasteiger partial charge in [0.05, 0.1) is 21.3 Å². The summed E-state index contributed by atoms with van der Waals surface area (Å²) in [6.07, 6.45) is 0. The third-order valence-electron chi connectivity index (χ3n) is 3.57. The Morgan fingerprint density at radius 2 is 1.61 bits per heavy atom. The van der Waals surface area contributed by atoms with Crippen LogP contribution in [0.5, 0.6) is 17.2 Å². The summed E-state index contributed by atoms with van der Waals surface area (Å²) in [5.74, 6) is 1.54. The predicted molar refractivity (Wildman–Crippen MR) is 88.4 cm³/mol. The first-order valence-corrected chi connectivity index (χ1v) is 7.23. The molecule has 1 N–H and O–H groups in total. The third-order valence-corrected chi connectivity index (χ3v) is 3.57. The topological polar surface area (TPSA) is 56.8 Å². The van der Waals surface area contributed by atoms with Crippen molar-refractivity contribution in [2.75, 3.05) is 21.3 Å². The number of carbonyl (C=O) groups excluding carboxylic acids is 1. The first kappa shape index (κ1) is 16.7. The lowest BCUT2D eigenvalue weighted by molar-refractivity contribution is 0.0950. The van der Waals surface area contributed by atoms with Crippen molar-refractivity contribution in [3.05, 3.63) is 53.1 Å². The molecule has 0 heterocycles. The molecule has 0 spiro atoms. The number of hydrogen-bond donors (Lipinski definition) is 1. The Kier molecular flexibility index (Phi) is 5.46. The molecule has 5 heteroatoms. The van der Waals surface area contributed by atoms with E-state index in [4.69, 9.17) is 14.2 Å². The van der Waals surface area contributed by atoms with Crippen LogP contribution < -0.4 is 19.5 Å². The molecule has 0 saturated heterocycles. The standard InChI is InChI=1S/C18H21NO4/c1-12-7-5-6-8-14(12)18(20)19-11-13-9-15(21-2)17(23-4)16(10-13)22-3/h5-10H,11H2,1-4H3,(H,19,20). The number of ether oxygens (including phenoxy) is 3. The van der Waals surface area contributed by atoms with E-state index in [0.717, 1.165) is 11.1 Å². The minimum Gasteiger partial charge on any atom is -0.493 e. The Morgan fingerprint density at radius 3 is 2.13 bits per heavy atom. The molecular weight excluding hydrogens is 294 g/mol. The molecule has 0 radical (unpaired) electrons. The normalized spacial score (nSPS) is 10.1. The van der Waals surface area contributed by atoms with Crippen LogP contribution in [0.25, 0.3) is 0 Å². The number of carbonyl (C=O) groups is 1. The third kappa shape index (κ3) is 3.74. The molecule has 1 amide bonds. The van der Waals surface area contributed by atoms with Crippen molar-refractivity contribution in [2.45, 2.75) is 13.5 Å². The Bertz CT molecular complexity index is 672. The van der Waals surface area contributed by atoms with Crippen LogP contribution in [-0.2, 0) is 6.54 Å². The molecule has 0 aromatic heterocycles. The Balaban J connectivity index is 2.17. The summed E-state index contributed by atoms with van der Waals surface area (Å²) < 4.78 is 15.9. The van der Waals surface area contributed by atoms with Crippen LogP contribution in [0, 0.1) is 6.92 Å². The minimum absolute atomic E-state index is 0.114. The van der Waals surface area contributed by atoms with Gasteiger partial charge in [-0.15, -0.1) is 0 Å². The van der Waals surface area contributed by atoms with Gasteiger partial charge in [-0.1, -0.05) is 18.2 Å². The molecular formula is C18H21NO4. The summed E-state index contributed by atoms with van der Waals surface area (Å²) in [4.78, 5) is 12.3. The first-order chi connectivity index (χ1) is 11.1. The van der Waals surface area contributed by atoms with Crippen molar-refractivity contribution < 1.29 is 19.0 Å².